The smallest absolute Gasteiger partial charge is 0.0541 e. The molecule has 0 fully saturated rings. The summed E-state index contributed by atoms with van der Waals surface area (Å²) < 4.78 is 2.41. The van der Waals surface area contributed by atoms with Crippen LogP contribution in [0.25, 0.3) is 82.8 Å². The third-order valence-corrected chi connectivity index (χ3v) is 11.8. The molecule has 0 bridgehead atoms. The van der Waals surface area contributed by atoms with Gasteiger partial charge in [0.05, 0.1) is 16.7 Å². The van der Waals surface area contributed by atoms with Crippen molar-refractivity contribution in [1.82, 2.24) is 4.57 Å². The lowest BCUT2D eigenvalue weighted by molar-refractivity contribution is 1.18. The molecule has 0 aliphatic rings. The second-order valence-corrected chi connectivity index (χ2v) is 15.4. The van der Waals surface area contributed by atoms with Gasteiger partial charge in [0.2, 0.25) is 0 Å². The molecule has 0 saturated heterocycles. The molecule has 60 heavy (non-hydrogen) atoms. The lowest BCUT2D eigenvalue weighted by Gasteiger charge is -2.26. The Hall–Kier alpha value is -7.94. The number of rotatable bonds is 8. The SMILES string of the molecule is c1ccc(-c2cccc(N(c3ccc(-c4ccc(-c5ccccc5-n5c6ccccc6c6ccccc65)cc4)cc3)c3ccc(-c4ccc5ccccc5c4)cc3)c2)cc1. The summed E-state index contributed by atoms with van der Waals surface area (Å²) in [5, 5.41) is 5.03. The summed E-state index contributed by atoms with van der Waals surface area (Å²) in [6, 6.07) is 87.8. The third kappa shape index (κ3) is 6.41. The third-order valence-electron chi connectivity index (χ3n) is 11.8. The molecule has 11 aromatic rings. The van der Waals surface area contributed by atoms with Crippen LogP contribution in [0.2, 0.25) is 0 Å². The number of fused-ring (bicyclic) bond motifs is 4. The van der Waals surface area contributed by atoms with Crippen LogP contribution >= 0.6 is 0 Å². The van der Waals surface area contributed by atoms with E-state index in [-0.39, 0.29) is 0 Å². The van der Waals surface area contributed by atoms with Gasteiger partial charge in [0, 0.05) is 33.4 Å². The van der Waals surface area contributed by atoms with Crippen LogP contribution in [0.3, 0.4) is 0 Å². The molecule has 0 radical (unpaired) electrons. The number of benzene rings is 10. The van der Waals surface area contributed by atoms with E-state index in [2.05, 4.69) is 252 Å². The van der Waals surface area contributed by atoms with Gasteiger partial charge in [0.1, 0.15) is 0 Å². The van der Waals surface area contributed by atoms with E-state index in [9.17, 15) is 0 Å². The Bertz CT molecular complexity index is 3230. The van der Waals surface area contributed by atoms with Gasteiger partial charge in [-0.3, -0.25) is 0 Å². The van der Waals surface area contributed by atoms with E-state index in [1.165, 1.54) is 82.8 Å². The van der Waals surface area contributed by atoms with Gasteiger partial charge in [-0.2, -0.15) is 0 Å². The number of para-hydroxylation sites is 3. The molecule has 0 amide bonds. The molecule has 0 saturated carbocycles. The average molecular weight is 765 g/mol. The van der Waals surface area contributed by atoms with Crippen LogP contribution in [-0.4, -0.2) is 4.57 Å². The predicted molar refractivity (Wildman–Crippen MR) is 255 cm³/mol. The largest absolute Gasteiger partial charge is 0.310 e. The minimum absolute atomic E-state index is 1.10. The molecule has 0 N–H and O–H groups in total. The summed E-state index contributed by atoms with van der Waals surface area (Å²) in [6.45, 7) is 0. The highest BCUT2D eigenvalue weighted by Crippen LogP contribution is 2.40. The topological polar surface area (TPSA) is 8.17 Å². The highest BCUT2D eigenvalue weighted by Gasteiger charge is 2.17. The van der Waals surface area contributed by atoms with E-state index in [0.717, 1.165) is 17.1 Å². The van der Waals surface area contributed by atoms with Crippen LogP contribution in [0.15, 0.2) is 243 Å². The van der Waals surface area contributed by atoms with Crippen LogP contribution in [0.1, 0.15) is 0 Å². The minimum atomic E-state index is 1.10. The number of hydrogen-bond donors (Lipinski definition) is 0. The van der Waals surface area contributed by atoms with Gasteiger partial charge in [0.25, 0.3) is 0 Å². The average Bonchev–Trinajstić information content (AvgIpc) is 3.67. The molecule has 2 heteroatoms. The molecule has 0 atom stereocenters. The standard InChI is InChI=1S/C58H40N2/c1-2-13-41(14-3-1)48-17-12-18-52(40-48)59(51-37-33-45(34-38-51)49-30-27-42-15-4-5-16-47(42)39-49)50-35-31-44(32-36-50)43-25-28-46(29-26-43)53-19-6-9-22-56(53)60-57-23-10-7-20-54(57)55-21-8-11-24-58(55)60/h1-40H. The van der Waals surface area contributed by atoms with Crippen molar-refractivity contribution in [1.29, 1.82) is 0 Å². The van der Waals surface area contributed by atoms with Gasteiger partial charge < -0.3 is 9.47 Å². The first-order chi connectivity index (χ1) is 29.7. The second kappa shape index (κ2) is 15.1. The van der Waals surface area contributed by atoms with Crippen molar-refractivity contribution in [3.63, 3.8) is 0 Å². The van der Waals surface area contributed by atoms with Gasteiger partial charge in [0.15, 0.2) is 0 Å². The number of hydrogen-bond acceptors (Lipinski definition) is 1. The molecule has 1 heterocycles. The first kappa shape index (κ1) is 35.2. The zero-order valence-electron chi connectivity index (χ0n) is 33.0. The molecule has 0 spiro atoms. The molecule has 0 unspecified atom stereocenters. The zero-order valence-corrected chi connectivity index (χ0v) is 33.0. The fourth-order valence-electron chi connectivity index (χ4n) is 8.81. The van der Waals surface area contributed by atoms with Crippen LogP contribution in [0.5, 0.6) is 0 Å². The zero-order chi connectivity index (χ0) is 39.8. The van der Waals surface area contributed by atoms with Gasteiger partial charge in [-0.25, -0.2) is 0 Å². The monoisotopic (exact) mass is 764 g/mol. The highest BCUT2D eigenvalue weighted by atomic mass is 15.1. The van der Waals surface area contributed by atoms with E-state index in [4.69, 9.17) is 0 Å². The first-order valence-electron chi connectivity index (χ1n) is 20.6. The van der Waals surface area contributed by atoms with Crippen LogP contribution in [-0.2, 0) is 0 Å². The molecule has 10 aromatic carbocycles. The maximum absolute atomic E-state index is 2.41. The summed E-state index contributed by atoms with van der Waals surface area (Å²) >= 11 is 0. The van der Waals surface area contributed by atoms with Crippen molar-refractivity contribution in [2.24, 2.45) is 0 Å². The van der Waals surface area contributed by atoms with Gasteiger partial charge >= 0.3 is 0 Å². The summed E-state index contributed by atoms with van der Waals surface area (Å²) in [4.78, 5) is 2.36. The maximum Gasteiger partial charge on any atom is 0.0541 e. The Morgan fingerprint density at radius 2 is 0.733 bits per heavy atom. The molecule has 2 nitrogen and oxygen atoms in total. The molecular weight excluding hydrogens is 725 g/mol. The van der Waals surface area contributed by atoms with E-state index >= 15 is 0 Å². The summed E-state index contributed by atoms with van der Waals surface area (Å²) in [7, 11) is 0. The summed E-state index contributed by atoms with van der Waals surface area (Å²) in [5.41, 5.74) is 16.4. The van der Waals surface area contributed by atoms with E-state index in [0.29, 0.717) is 0 Å². The summed E-state index contributed by atoms with van der Waals surface area (Å²) in [5.74, 6) is 0. The van der Waals surface area contributed by atoms with Crippen LogP contribution in [0, 0.1) is 0 Å². The lowest BCUT2D eigenvalue weighted by atomic mass is 9.98. The van der Waals surface area contributed by atoms with Crippen molar-refractivity contribution in [2.45, 2.75) is 0 Å². The second-order valence-electron chi connectivity index (χ2n) is 15.4. The molecule has 0 aliphatic heterocycles. The number of aromatic nitrogens is 1. The normalized spacial score (nSPS) is 11.3. The number of anilines is 3. The number of nitrogens with zero attached hydrogens (tertiary/aromatic N) is 2. The molecule has 282 valence electrons. The van der Waals surface area contributed by atoms with Crippen molar-refractivity contribution in [3.8, 4) is 50.2 Å². The Morgan fingerprint density at radius 3 is 1.42 bits per heavy atom. The molecule has 0 aliphatic carbocycles. The van der Waals surface area contributed by atoms with Crippen molar-refractivity contribution >= 4 is 49.6 Å². The molecular formula is C58H40N2. The fraction of sp³-hybridized carbons (Fsp3) is 0. The fourth-order valence-corrected chi connectivity index (χ4v) is 8.81. The van der Waals surface area contributed by atoms with Crippen molar-refractivity contribution < 1.29 is 0 Å². The van der Waals surface area contributed by atoms with Crippen LogP contribution < -0.4 is 4.90 Å². The Morgan fingerprint density at radius 1 is 0.267 bits per heavy atom. The van der Waals surface area contributed by atoms with Crippen molar-refractivity contribution in [2.75, 3.05) is 4.90 Å². The Kier molecular flexibility index (Phi) is 8.87. The van der Waals surface area contributed by atoms with E-state index < -0.39 is 0 Å². The molecule has 11 rings (SSSR count). The maximum atomic E-state index is 2.41. The minimum Gasteiger partial charge on any atom is -0.310 e. The van der Waals surface area contributed by atoms with Gasteiger partial charge in [-0.05, 0) is 110 Å². The van der Waals surface area contributed by atoms with Gasteiger partial charge in [-0.1, -0.05) is 182 Å². The van der Waals surface area contributed by atoms with Gasteiger partial charge in [-0.15, -0.1) is 0 Å². The quantitative estimate of drug-likeness (QED) is 0.150. The lowest BCUT2D eigenvalue weighted by Crippen LogP contribution is -2.10. The first-order valence-corrected chi connectivity index (χ1v) is 20.6. The van der Waals surface area contributed by atoms with E-state index in [1.807, 2.05) is 0 Å². The van der Waals surface area contributed by atoms with E-state index in [1.54, 1.807) is 0 Å². The predicted octanol–water partition coefficient (Wildman–Crippen LogP) is 16.1. The van der Waals surface area contributed by atoms with Crippen molar-refractivity contribution in [3.05, 3.63) is 243 Å². The van der Waals surface area contributed by atoms with Crippen LogP contribution in [0.4, 0.5) is 17.1 Å². The Labute approximate surface area is 350 Å². The Balaban J connectivity index is 0.934. The highest BCUT2D eigenvalue weighted by molar-refractivity contribution is 6.09. The summed E-state index contributed by atoms with van der Waals surface area (Å²) in [6.07, 6.45) is 0. The molecule has 1 aromatic heterocycles.